The first-order valence-electron chi connectivity index (χ1n) is 6.26. The largest absolute Gasteiger partial charge is 0.321 e. The number of hydrogen-bond donors (Lipinski definition) is 2. The van der Waals surface area contributed by atoms with Gasteiger partial charge in [-0.05, 0) is 36.4 Å². The van der Waals surface area contributed by atoms with Crippen LogP contribution in [-0.4, -0.2) is 21.1 Å². The first-order chi connectivity index (χ1) is 10.2. The molecular formula is C15H11BrN4O. The molecule has 0 aliphatic carbocycles. The molecule has 1 amide bonds. The lowest BCUT2D eigenvalue weighted by atomic mass is 10.2. The fourth-order valence-corrected chi connectivity index (χ4v) is 2.25. The lowest BCUT2D eigenvalue weighted by Crippen LogP contribution is -2.12. The Hall–Kier alpha value is -2.47. The third-order valence-corrected chi connectivity index (χ3v) is 3.33. The van der Waals surface area contributed by atoms with Crippen LogP contribution in [0, 0.1) is 0 Å². The van der Waals surface area contributed by atoms with Crippen LogP contribution in [0.4, 0.5) is 5.69 Å². The monoisotopic (exact) mass is 342 g/mol. The zero-order chi connectivity index (χ0) is 14.7. The number of carbonyl (C=O) groups excluding carboxylic acids is 1. The molecule has 0 bridgehead atoms. The van der Waals surface area contributed by atoms with Gasteiger partial charge in [-0.1, -0.05) is 28.1 Å². The summed E-state index contributed by atoms with van der Waals surface area (Å²) in [5.41, 5.74) is 2.45. The molecule has 0 radical (unpaired) electrons. The molecule has 3 rings (SSSR count). The van der Waals surface area contributed by atoms with Gasteiger partial charge >= 0.3 is 0 Å². The minimum atomic E-state index is -0.247. The summed E-state index contributed by atoms with van der Waals surface area (Å²) in [6.07, 6.45) is 1.69. The number of anilines is 1. The van der Waals surface area contributed by atoms with Crippen LogP contribution >= 0.6 is 15.9 Å². The van der Waals surface area contributed by atoms with Crippen LogP contribution < -0.4 is 5.32 Å². The van der Waals surface area contributed by atoms with Crippen molar-refractivity contribution in [1.29, 1.82) is 0 Å². The number of nitrogens with one attached hydrogen (secondary N) is 2. The van der Waals surface area contributed by atoms with Gasteiger partial charge in [0.25, 0.3) is 5.91 Å². The van der Waals surface area contributed by atoms with E-state index < -0.39 is 0 Å². The van der Waals surface area contributed by atoms with Crippen molar-refractivity contribution in [2.24, 2.45) is 0 Å². The number of H-pyrrole nitrogens is 1. The lowest BCUT2D eigenvalue weighted by molar-refractivity contribution is 0.102. The zero-order valence-electron chi connectivity index (χ0n) is 10.9. The predicted octanol–water partition coefficient (Wildman–Crippen LogP) is 3.49. The van der Waals surface area contributed by atoms with Gasteiger partial charge in [0.1, 0.15) is 11.4 Å². The fraction of sp³-hybridized carbons (Fsp3) is 0. The van der Waals surface area contributed by atoms with E-state index in [2.05, 4.69) is 36.4 Å². The van der Waals surface area contributed by atoms with E-state index in [9.17, 15) is 4.79 Å². The van der Waals surface area contributed by atoms with Crippen molar-refractivity contribution in [3.63, 3.8) is 0 Å². The maximum absolute atomic E-state index is 12.2. The van der Waals surface area contributed by atoms with Crippen molar-refractivity contribution < 1.29 is 4.79 Å². The highest BCUT2D eigenvalue weighted by molar-refractivity contribution is 9.10. The van der Waals surface area contributed by atoms with Crippen LogP contribution in [0.1, 0.15) is 10.5 Å². The Labute approximate surface area is 129 Å². The Balaban J connectivity index is 1.78. The first kappa shape index (κ1) is 13.5. The van der Waals surface area contributed by atoms with Gasteiger partial charge < -0.3 is 5.32 Å². The molecule has 3 aromatic rings. The summed E-state index contributed by atoms with van der Waals surface area (Å²) in [5.74, 6) is -0.247. The van der Waals surface area contributed by atoms with E-state index in [4.69, 9.17) is 0 Å². The molecule has 0 saturated carbocycles. The minimum absolute atomic E-state index is 0.247. The number of pyridine rings is 1. The number of aromatic nitrogens is 3. The van der Waals surface area contributed by atoms with E-state index in [1.54, 1.807) is 12.3 Å². The summed E-state index contributed by atoms with van der Waals surface area (Å²) >= 11 is 3.36. The number of amides is 1. The van der Waals surface area contributed by atoms with Crippen LogP contribution in [0.5, 0.6) is 0 Å². The summed E-state index contributed by atoms with van der Waals surface area (Å²) in [6, 6.07) is 14.6. The van der Waals surface area contributed by atoms with Crippen LogP contribution in [-0.2, 0) is 0 Å². The fourth-order valence-electron chi connectivity index (χ4n) is 1.85. The number of hydrogen-bond acceptors (Lipinski definition) is 3. The molecule has 1 aromatic carbocycles. The zero-order valence-corrected chi connectivity index (χ0v) is 12.5. The normalized spacial score (nSPS) is 10.3. The number of benzene rings is 1. The summed E-state index contributed by atoms with van der Waals surface area (Å²) < 4.78 is 0.902. The average Bonchev–Trinajstić information content (AvgIpc) is 2.98. The molecule has 2 aromatic heterocycles. The molecule has 2 heterocycles. The Morgan fingerprint density at radius 2 is 2.00 bits per heavy atom. The van der Waals surface area contributed by atoms with Gasteiger partial charge in [0.15, 0.2) is 0 Å². The molecule has 0 aliphatic heterocycles. The third-order valence-electron chi connectivity index (χ3n) is 2.83. The van der Waals surface area contributed by atoms with Gasteiger partial charge in [-0.15, -0.1) is 0 Å². The highest BCUT2D eigenvalue weighted by Gasteiger charge is 2.11. The molecule has 2 N–H and O–H groups in total. The molecule has 0 fully saturated rings. The SMILES string of the molecule is O=C(Nc1cccc(Br)c1)c1cc(-c2ccccn2)n[nH]1. The average molecular weight is 343 g/mol. The Morgan fingerprint density at radius 1 is 1.10 bits per heavy atom. The topological polar surface area (TPSA) is 70.7 Å². The number of rotatable bonds is 3. The van der Waals surface area contributed by atoms with Crippen LogP contribution in [0.15, 0.2) is 59.2 Å². The molecule has 0 aliphatic rings. The van der Waals surface area contributed by atoms with E-state index in [0.717, 1.165) is 10.2 Å². The number of aromatic amines is 1. The van der Waals surface area contributed by atoms with Crippen molar-refractivity contribution in [2.75, 3.05) is 5.32 Å². The number of halogens is 1. The molecule has 21 heavy (non-hydrogen) atoms. The van der Waals surface area contributed by atoms with Gasteiger partial charge in [0.2, 0.25) is 0 Å². The summed E-state index contributed by atoms with van der Waals surface area (Å²) in [7, 11) is 0. The van der Waals surface area contributed by atoms with Gasteiger partial charge in [0, 0.05) is 16.4 Å². The van der Waals surface area contributed by atoms with Crippen LogP contribution in [0.2, 0.25) is 0 Å². The molecule has 0 atom stereocenters. The maximum atomic E-state index is 12.2. The summed E-state index contributed by atoms with van der Waals surface area (Å²) in [4.78, 5) is 16.3. The van der Waals surface area contributed by atoms with E-state index >= 15 is 0 Å². The van der Waals surface area contributed by atoms with Gasteiger partial charge in [-0.2, -0.15) is 5.10 Å². The van der Waals surface area contributed by atoms with Gasteiger partial charge in [-0.3, -0.25) is 14.9 Å². The third kappa shape index (κ3) is 3.17. The second-order valence-electron chi connectivity index (χ2n) is 4.35. The van der Waals surface area contributed by atoms with E-state index in [0.29, 0.717) is 17.1 Å². The molecular weight excluding hydrogens is 332 g/mol. The molecule has 0 unspecified atom stereocenters. The highest BCUT2D eigenvalue weighted by atomic mass is 79.9. The van der Waals surface area contributed by atoms with Crippen molar-refractivity contribution in [3.05, 3.63) is 64.9 Å². The molecule has 6 heteroatoms. The molecule has 104 valence electrons. The van der Waals surface area contributed by atoms with Crippen molar-refractivity contribution in [2.45, 2.75) is 0 Å². The molecule has 5 nitrogen and oxygen atoms in total. The van der Waals surface area contributed by atoms with Crippen molar-refractivity contribution in [1.82, 2.24) is 15.2 Å². The van der Waals surface area contributed by atoms with Crippen molar-refractivity contribution >= 4 is 27.5 Å². The molecule has 0 saturated heterocycles. The molecule has 0 spiro atoms. The van der Waals surface area contributed by atoms with Crippen LogP contribution in [0.25, 0.3) is 11.4 Å². The Bertz CT molecular complexity index is 770. The maximum Gasteiger partial charge on any atom is 0.273 e. The highest BCUT2D eigenvalue weighted by Crippen LogP contribution is 2.18. The lowest BCUT2D eigenvalue weighted by Gasteiger charge is -2.03. The second kappa shape index (κ2) is 5.88. The van der Waals surface area contributed by atoms with E-state index in [1.807, 2.05) is 42.5 Å². The number of carbonyl (C=O) groups is 1. The Morgan fingerprint density at radius 3 is 2.76 bits per heavy atom. The second-order valence-corrected chi connectivity index (χ2v) is 5.26. The van der Waals surface area contributed by atoms with Crippen LogP contribution in [0.3, 0.4) is 0 Å². The van der Waals surface area contributed by atoms with E-state index in [-0.39, 0.29) is 5.91 Å². The van der Waals surface area contributed by atoms with Gasteiger partial charge in [0.05, 0.1) is 5.69 Å². The minimum Gasteiger partial charge on any atom is -0.321 e. The van der Waals surface area contributed by atoms with Crippen molar-refractivity contribution in [3.8, 4) is 11.4 Å². The smallest absolute Gasteiger partial charge is 0.273 e. The summed E-state index contributed by atoms with van der Waals surface area (Å²) in [5, 5.41) is 9.64. The van der Waals surface area contributed by atoms with Gasteiger partial charge in [-0.25, -0.2) is 0 Å². The number of nitrogens with zero attached hydrogens (tertiary/aromatic N) is 2. The first-order valence-corrected chi connectivity index (χ1v) is 7.05. The standard InChI is InChI=1S/C15H11BrN4O/c16-10-4-3-5-11(8-10)18-15(21)14-9-13(19-20-14)12-6-1-2-7-17-12/h1-9H,(H,18,21)(H,19,20). The predicted molar refractivity (Wildman–Crippen MR) is 83.9 cm³/mol. The summed E-state index contributed by atoms with van der Waals surface area (Å²) in [6.45, 7) is 0. The van der Waals surface area contributed by atoms with E-state index in [1.165, 1.54) is 0 Å². The Kier molecular flexibility index (Phi) is 3.79. The quantitative estimate of drug-likeness (QED) is 0.765.